The fourth-order valence-corrected chi connectivity index (χ4v) is 8.28. The van der Waals surface area contributed by atoms with Crippen molar-refractivity contribution in [2.24, 2.45) is 0 Å². The van der Waals surface area contributed by atoms with Gasteiger partial charge in [0.1, 0.15) is 17.5 Å². The highest BCUT2D eigenvalue weighted by Gasteiger charge is 2.54. The second-order valence-electron chi connectivity index (χ2n) is 11.0. The van der Waals surface area contributed by atoms with Gasteiger partial charge in [0.15, 0.2) is 11.5 Å². The lowest BCUT2D eigenvalue weighted by Gasteiger charge is -2.37. The molecule has 0 radical (unpaired) electrons. The van der Waals surface area contributed by atoms with Gasteiger partial charge in [-0.3, -0.25) is 4.79 Å². The van der Waals surface area contributed by atoms with Gasteiger partial charge < -0.3 is 19.1 Å². The monoisotopic (exact) mass is 525 g/mol. The van der Waals surface area contributed by atoms with Crippen molar-refractivity contribution in [1.82, 2.24) is 4.31 Å². The van der Waals surface area contributed by atoms with Gasteiger partial charge in [-0.05, 0) is 37.1 Å². The highest BCUT2D eigenvalue weighted by Crippen LogP contribution is 2.56. The third-order valence-corrected chi connectivity index (χ3v) is 10.5. The Labute approximate surface area is 217 Å². The van der Waals surface area contributed by atoms with Gasteiger partial charge in [-0.1, -0.05) is 24.3 Å². The molecule has 8 nitrogen and oxygen atoms in total. The highest BCUT2D eigenvalue weighted by atomic mass is 32.2. The number of aliphatic hydroxyl groups excluding tert-OH is 1. The Kier molecular flexibility index (Phi) is 5.67. The number of quaternary nitrogens is 1. The Morgan fingerprint density at radius 1 is 1.22 bits per heavy atom. The van der Waals surface area contributed by atoms with Crippen LogP contribution in [0.1, 0.15) is 47.2 Å². The van der Waals surface area contributed by atoms with Crippen LogP contribution in [0.4, 0.5) is 0 Å². The van der Waals surface area contributed by atoms with Crippen LogP contribution in [0.5, 0.6) is 11.5 Å². The number of benzene rings is 2. The van der Waals surface area contributed by atoms with Crippen LogP contribution in [0, 0.1) is 0 Å². The summed E-state index contributed by atoms with van der Waals surface area (Å²) in [5.74, 6) is 1.10. The van der Waals surface area contributed by atoms with E-state index >= 15 is 0 Å². The third kappa shape index (κ3) is 3.70. The minimum atomic E-state index is -3.77. The minimum absolute atomic E-state index is 0.108. The van der Waals surface area contributed by atoms with E-state index in [1.165, 1.54) is 17.2 Å². The van der Waals surface area contributed by atoms with Crippen LogP contribution in [0.25, 0.3) is 0 Å². The molecule has 6 rings (SSSR count). The molecule has 4 atom stereocenters. The second kappa shape index (κ2) is 8.58. The maximum atomic E-state index is 12.9. The SMILES string of the molecule is COc1ccc2c3c1O[C@H]1C[C@@H](O)C=C[C@@]31CC[N@+](C)(CCCCN1C(=O)c3ccccc3S1(=O)=O)C2. The van der Waals surface area contributed by atoms with E-state index in [1.54, 1.807) is 25.3 Å². The number of sulfonamides is 1. The number of fused-ring (bicyclic) bond motifs is 1. The summed E-state index contributed by atoms with van der Waals surface area (Å²) in [5, 5.41) is 10.3. The Hall–Kier alpha value is -2.88. The summed E-state index contributed by atoms with van der Waals surface area (Å²) in [6, 6.07) is 10.5. The minimum Gasteiger partial charge on any atom is -0.493 e. The van der Waals surface area contributed by atoms with Crippen LogP contribution in [-0.2, 0) is 22.0 Å². The molecule has 196 valence electrons. The number of amides is 1. The molecular formula is C28H33N2O6S+. The van der Waals surface area contributed by atoms with E-state index in [2.05, 4.69) is 19.2 Å². The van der Waals surface area contributed by atoms with E-state index in [0.717, 1.165) is 52.8 Å². The molecule has 37 heavy (non-hydrogen) atoms. The molecule has 3 heterocycles. The van der Waals surface area contributed by atoms with Crippen LogP contribution < -0.4 is 9.47 Å². The molecule has 0 bridgehead atoms. The highest BCUT2D eigenvalue weighted by molar-refractivity contribution is 7.90. The zero-order chi connectivity index (χ0) is 26.0. The van der Waals surface area contributed by atoms with Crippen LogP contribution in [0.2, 0.25) is 0 Å². The van der Waals surface area contributed by atoms with Crippen LogP contribution in [0.3, 0.4) is 0 Å². The van der Waals surface area contributed by atoms with Gasteiger partial charge >= 0.3 is 0 Å². The first kappa shape index (κ1) is 24.5. The second-order valence-corrected chi connectivity index (χ2v) is 12.8. The Balaban J connectivity index is 1.19. The fraction of sp³-hybridized carbons (Fsp3) is 0.464. The maximum Gasteiger partial charge on any atom is 0.269 e. The molecule has 0 fully saturated rings. The zero-order valence-electron chi connectivity index (χ0n) is 21.2. The number of carbonyl (C=O) groups excluding carboxylic acids is 1. The fourth-order valence-electron chi connectivity index (χ4n) is 6.67. The van der Waals surface area contributed by atoms with Crippen LogP contribution >= 0.6 is 0 Å². The summed E-state index contributed by atoms with van der Waals surface area (Å²) in [5.41, 5.74) is 2.40. The Bertz CT molecular complexity index is 1410. The van der Waals surface area contributed by atoms with Crippen molar-refractivity contribution in [3.05, 3.63) is 65.2 Å². The molecule has 0 aromatic heterocycles. The number of aliphatic hydroxyl groups is 1. The number of hydrogen-bond acceptors (Lipinski definition) is 6. The smallest absolute Gasteiger partial charge is 0.269 e. The molecule has 1 spiro atoms. The Morgan fingerprint density at radius 2 is 2.03 bits per heavy atom. The van der Waals surface area contributed by atoms with Gasteiger partial charge in [0.25, 0.3) is 15.9 Å². The third-order valence-electron chi connectivity index (χ3n) is 8.64. The summed E-state index contributed by atoms with van der Waals surface area (Å²) in [4.78, 5) is 12.8. The first-order valence-corrected chi connectivity index (χ1v) is 14.4. The Morgan fingerprint density at radius 3 is 2.81 bits per heavy atom. The number of nitrogens with zero attached hydrogens (tertiary/aromatic N) is 2. The summed E-state index contributed by atoms with van der Waals surface area (Å²) in [7, 11) is 0.137. The van der Waals surface area contributed by atoms with Gasteiger partial charge in [-0.2, -0.15) is 0 Å². The van der Waals surface area contributed by atoms with E-state index in [0.29, 0.717) is 12.8 Å². The lowest BCUT2D eigenvalue weighted by Crippen LogP contribution is -2.47. The molecule has 2 aromatic carbocycles. The standard InChI is InChI=1S/C28H33N2O6S/c1-30(15-6-5-14-29-27(32)21-7-3-4-8-23(21)37(29,33)34)16-13-28-12-11-20(31)17-24(28)36-26-22(35-2)10-9-19(18-30)25(26)28/h3-4,7-12,20,24,31H,5-6,13-18H2,1-2H3/q+1/t20-,24-,28-,30-/m0/s1. The molecule has 0 saturated heterocycles. The van der Waals surface area contributed by atoms with Crippen molar-refractivity contribution in [3.8, 4) is 11.5 Å². The van der Waals surface area contributed by atoms with Crippen molar-refractivity contribution in [1.29, 1.82) is 0 Å². The summed E-state index contributed by atoms with van der Waals surface area (Å²) < 4.78 is 39.6. The molecule has 1 aliphatic carbocycles. The van der Waals surface area contributed by atoms with Crippen LogP contribution in [0.15, 0.2) is 53.4 Å². The van der Waals surface area contributed by atoms with Crippen molar-refractivity contribution in [3.63, 3.8) is 0 Å². The molecule has 3 aliphatic heterocycles. The maximum absolute atomic E-state index is 12.9. The average Bonchev–Trinajstić information content (AvgIpc) is 3.25. The largest absolute Gasteiger partial charge is 0.493 e. The van der Waals surface area contributed by atoms with E-state index in [4.69, 9.17) is 9.47 Å². The molecule has 1 N–H and O–H groups in total. The number of unbranched alkanes of at least 4 members (excludes halogenated alkanes) is 1. The first-order chi connectivity index (χ1) is 17.7. The summed E-state index contributed by atoms with van der Waals surface area (Å²) in [6.07, 6.45) is 6.26. The zero-order valence-corrected chi connectivity index (χ0v) is 22.0. The molecule has 4 aliphatic rings. The van der Waals surface area contributed by atoms with Crippen molar-refractivity contribution >= 4 is 15.9 Å². The number of methoxy groups -OCH3 is 1. The molecule has 0 saturated carbocycles. The quantitative estimate of drug-likeness (QED) is 0.354. The summed E-state index contributed by atoms with van der Waals surface area (Å²) >= 11 is 0. The van der Waals surface area contributed by atoms with Crippen molar-refractivity contribution < 1.29 is 32.3 Å². The van der Waals surface area contributed by atoms with E-state index < -0.39 is 22.0 Å². The molecule has 0 unspecified atom stereocenters. The van der Waals surface area contributed by atoms with Gasteiger partial charge in [0.05, 0.1) is 44.3 Å². The number of carbonyl (C=O) groups is 1. The first-order valence-electron chi connectivity index (χ1n) is 12.9. The average molecular weight is 526 g/mol. The van der Waals surface area contributed by atoms with E-state index in [-0.39, 0.29) is 28.5 Å². The predicted octanol–water partition coefficient (Wildman–Crippen LogP) is 2.99. The molecule has 9 heteroatoms. The predicted molar refractivity (Wildman–Crippen MR) is 137 cm³/mol. The van der Waals surface area contributed by atoms with Crippen molar-refractivity contribution in [2.75, 3.05) is 33.8 Å². The van der Waals surface area contributed by atoms with Gasteiger partial charge in [-0.15, -0.1) is 0 Å². The number of rotatable bonds is 6. The number of ether oxygens (including phenoxy) is 2. The van der Waals surface area contributed by atoms with E-state index in [1.807, 2.05) is 12.1 Å². The summed E-state index contributed by atoms with van der Waals surface area (Å²) in [6.45, 7) is 2.80. The number of hydrogen-bond donors (Lipinski definition) is 1. The molecule has 1 amide bonds. The lowest BCUT2D eigenvalue weighted by molar-refractivity contribution is -0.922. The normalized spacial score (nSPS) is 30.8. The molecule has 2 aromatic rings. The van der Waals surface area contributed by atoms with Crippen LogP contribution in [-0.4, -0.2) is 74.2 Å². The lowest BCUT2D eigenvalue weighted by atomic mass is 9.69. The topological polar surface area (TPSA) is 93.1 Å². The van der Waals surface area contributed by atoms with E-state index in [9.17, 15) is 18.3 Å². The van der Waals surface area contributed by atoms with Gasteiger partial charge in [0.2, 0.25) is 0 Å². The molecular weight excluding hydrogens is 492 g/mol. The van der Waals surface area contributed by atoms with Crippen molar-refractivity contribution in [2.45, 2.75) is 54.7 Å². The van der Waals surface area contributed by atoms with Gasteiger partial charge in [-0.25, -0.2) is 12.7 Å². The van der Waals surface area contributed by atoms with Gasteiger partial charge in [0, 0.05) is 30.5 Å².